The molecule has 0 radical (unpaired) electrons. The first-order chi connectivity index (χ1) is 9.32. The lowest BCUT2D eigenvalue weighted by molar-refractivity contribution is 0.0912. The number of halogens is 1. The van der Waals surface area contributed by atoms with Crippen LogP contribution < -0.4 is 0 Å². The van der Waals surface area contributed by atoms with E-state index in [0.29, 0.717) is 30.8 Å². The minimum Gasteiger partial charge on any atom is -0.393 e. The molecule has 1 aromatic rings. The molecule has 1 N–H and O–H groups in total. The van der Waals surface area contributed by atoms with Crippen LogP contribution in [0.4, 0.5) is 0 Å². The fourth-order valence-corrected chi connectivity index (χ4v) is 4.33. The molecule has 2 rings (SSSR count). The van der Waals surface area contributed by atoms with E-state index in [-0.39, 0.29) is 12.0 Å². The van der Waals surface area contributed by atoms with Crippen molar-refractivity contribution in [3.8, 4) is 0 Å². The largest absolute Gasteiger partial charge is 0.393 e. The van der Waals surface area contributed by atoms with Gasteiger partial charge in [-0.2, -0.15) is 4.31 Å². The predicted molar refractivity (Wildman–Crippen MR) is 82.0 cm³/mol. The summed E-state index contributed by atoms with van der Waals surface area (Å²) in [5.41, 5.74) is 0.907. The second-order valence-electron chi connectivity index (χ2n) is 5.39. The highest BCUT2D eigenvalue weighted by atomic mass is 79.9. The molecule has 0 amide bonds. The first kappa shape index (κ1) is 15.9. The number of hydrogen-bond acceptors (Lipinski definition) is 3. The van der Waals surface area contributed by atoms with Crippen LogP contribution in [-0.4, -0.2) is 37.0 Å². The average molecular weight is 362 g/mol. The molecular weight excluding hydrogens is 342 g/mol. The van der Waals surface area contributed by atoms with Crippen molar-refractivity contribution in [2.24, 2.45) is 5.92 Å². The number of aliphatic hydroxyl groups excluding tert-OH is 1. The van der Waals surface area contributed by atoms with Gasteiger partial charge < -0.3 is 5.11 Å². The fraction of sp³-hybridized carbons (Fsp3) is 0.571. The predicted octanol–water partition coefficient (Wildman–Crippen LogP) is 2.54. The molecule has 1 fully saturated rings. The van der Waals surface area contributed by atoms with Gasteiger partial charge in [0.05, 0.1) is 11.0 Å². The number of nitrogens with zero attached hydrogens (tertiary/aromatic N) is 1. The zero-order valence-electron chi connectivity index (χ0n) is 11.7. The second-order valence-corrected chi connectivity index (χ2v) is 8.19. The van der Waals surface area contributed by atoms with Crippen LogP contribution in [0.5, 0.6) is 0 Å². The Hall–Kier alpha value is -0.430. The summed E-state index contributed by atoms with van der Waals surface area (Å²) in [5.74, 6) is 0.202. The van der Waals surface area contributed by atoms with Crippen LogP contribution in [0.1, 0.15) is 25.3 Å². The monoisotopic (exact) mass is 361 g/mol. The van der Waals surface area contributed by atoms with Gasteiger partial charge in [-0.1, -0.05) is 15.9 Å². The second kappa shape index (κ2) is 6.13. The van der Waals surface area contributed by atoms with Gasteiger partial charge in [0.2, 0.25) is 10.0 Å². The maximum absolute atomic E-state index is 12.6. The standard InChI is InChI=1S/C14H20BrNO3S/c1-10-9-13(3-4-14(10)15)20(18,19)16-7-5-12(6-8-16)11(2)17/h3-4,9,11-12,17H,5-8H2,1-2H3. The molecule has 0 saturated carbocycles. The molecule has 1 atom stereocenters. The van der Waals surface area contributed by atoms with Gasteiger partial charge in [-0.25, -0.2) is 8.42 Å². The third-order valence-corrected chi connectivity index (χ3v) is 6.73. The number of aliphatic hydroxyl groups is 1. The van der Waals surface area contributed by atoms with E-state index in [9.17, 15) is 13.5 Å². The van der Waals surface area contributed by atoms with Gasteiger partial charge in [0, 0.05) is 17.6 Å². The quantitative estimate of drug-likeness (QED) is 0.899. The lowest BCUT2D eigenvalue weighted by atomic mass is 9.93. The Bertz CT molecular complexity index is 578. The number of hydrogen-bond donors (Lipinski definition) is 1. The lowest BCUT2D eigenvalue weighted by Gasteiger charge is -2.32. The zero-order valence-corrected chi connectivity index (χ0v) is 14.1. The first-order valence-electron chi connectivity index (χ1n) is 6.76. The maximum Gasteiger partial charge on any atom is 0.243 e. The van der Waals surface area contributed by atoms with E-state index >= 15 is 0 Å². The van der Waals surface area contributed by atoms with Crippen molar-refractivity contribution < 1.29 is 13.5 Å². The summed E-state index contributed by atoms with van der Waals surface area (Å²) in [5, 5.41) is 9.58. The maximum atomic E-state index is 12.6. The van der Waals surface area contributed by atoms with Crippen LogP contribution in [0.3, 0.4) is 0 Å². The van der Waals surface area contributed by atoms with E-state index in [1.165, 1.54) is 4.31 Å². The van der Waals surface area contributed by atoms with Gasteiger partial charge in [0.15, 0.2) is 0 Å². The number of piperidine rings is 1. The molecule has 1 saturated heterocycles. The van der Waals surface area contributed by atoms with E-state index in [0.717, 1.165) is 10.0 Å². The lowest BCUT2D eigenvalue weighted by Crippen LogP contribution is -2.40. The third-order valence-electron chi connectivity index (χ3n) is 3.95. The van der Waals surface area contributed by atoms with Crippen LogP contribution in [0.15, 0.2) is 27.6 Å². The normalized spacial score (nSPS) is 20.0. The van der Waals surface area contributed by atoms with Gasteiger partial charge in [-0.05, 0) is 56.4 Å². The van der Waals surface area contributed by atoms with Crippen molar-refractivity contribution in [1.29, 1.82) is 0 Å². The highest BCUT2D eigenvalue weighted by Crippen LogP contribution is 2.27. The Labute approximate surface area is 129 Å². The number of rotatable bonds is 3. The van der Waals surface area contributed by atoms with E-state index in [1.54, 1.807) is 25.1 Å². The van der Waals surface area contributed by atoms with Crippen molar-refractivity contribution in [3.63, 3.8) is 0 Å². The molecule has 4 nitrogen and oxygen atoms in total. The minimum absolute atomic E-state index is 0.202. The van der Waals surface area contributed by atoms with Crippen molar-refractivity contribution >= 4 is 26.0 Å². The molecular formula is C14H20BrNO3S. The topological polar surface area (TPSA) is 57.6 Å². The molecule has 20 heavy (non-hydrogen) atoms. The van der Waals surface area contributed by atoms with Crippen LogP contribution in [0.2, 0.25) is 0 Å². The Morgan fingerprint density at radius 1 is 1.35 bits per heavy atom. The van der Waals surface area contributed by atoms with Crippen molar-refractivity contribution in [2.75, 3.05) is 13.1 Å². The van der Waals surface area contributed by atoms with Crippen LogP contribution in [0.25, 0.3) is 0 Å². The van der Waals surface area contributed by atoms with E-state index in [1.807, 2.05) is 6.92 Å². The minimum atomic E-state index is -3.42. The Morgan fingerprint density at radius 3 is 2.45 bits per heavy atom. The first-order valence-corrected chi connectivity index (χ1v) is 9.00. The molecule has 1 aliphatic rings. The Kier molecular flexibility index (Phi) is 4.89. The molecule has 0 aromatic heterocycles. The fourth-order valence-electron chi connectivity index (χ4n) is 2.53. The molecule has 0 spiro atoms. The number of aryl methyl sites for hydroxylation is 1. The van der Waals surface area contributed by atoms with Crippen LogP contribution in [0, 0.1) is 12.8 Å². The Morgan fingerprint density at radius 2 is 1.95 bits per heavy atom. The molecule has 0 aliphatic carbocycles. The molecule has 1 aliphatic heterocycles. The zero-order chi connectivity index (χ0) is 14.9. The number of sulfonamides is 1. The molecule has 1 heterocycles. The average Bonchev–Trinajstić information content (AvgIpc) is 2.41. The van der Waals surface area contributed by atoms with Crippen molar-refractivity contribution in [3.05, 3.63) is 28.2 Å². The molecule has 1 unspecified atom stereocenters. The summed E-state index contributed by atoms with van der Waals surface area (Å²) in [6, 6.07) is 5.10. The summed E-state index contributed by atoms with van der Waals surface area (Å²) < 4.78 is 27.6. The van der Waals surface area contributed by atoms with E-state index in [4.69, 9.17) is 0 Å². The molecule has 6 heteroatoms. The van der Waals surface area contributed by atoms with Gasteiger partial charge in [0.25, 0.3) is 0 Å². The highest BCUT2D eigenvalue weighted by molar-refractivity contribution is 9.10. The van der Waals surface area contributed by atoms with E-state index in [2.05, 4.69) is 15.9 Å². The van der Waals surface area contributed by atoms with Gasteiger partial charge in [0.1, 0.15) is 0 Å². The molecule has 0 bridgehead atoms. The summed E-state index contributed by atoms with van der Waals surface area (Å²) in [6.45, 7) is 4.61. The van der Waals surface area contributed by atoms with Gasteiger partial charge >= 0.3 is 0 Å². The molecule has 112 valence electrons. The summed E-state index contributed by atoms with van der Waals surface area (Å²) >= 11 is 3.38. The summed E-state index contributed by atoms with van der Waals surface area (Å²) in [6.07, 6.45) is 1.06. The third kappa shape index (κ3) is 3.24. The van der Waals surface area contributed by atoms with Crippen LogP contribution >= 0.6 is 15.9 Å². The smallest absolute Gasteiger partial charge is 0.243 e. The van der Waals surface area contributed by atoms with Crippen LogP contribution in [-0.2, 0) is 10.0 Å². The van der Waals surface area contributed by atoms with E-state index < -0.39 is 10.0 Å². The number of benzene rings is 1. The van der Waals surface area contributed by atoms with Crippen molar-refractivity contribution in [2.45, 2.75) is 37.7 Å². The van der Waals surface area contributed by atoms with Gasteiger partial charge in [-0.15, -0.1) is 0 Å². The van der Waals surface area contributed by atoms with Gasteiger partial charge in [-0.3, -0.25) is 0 Å². The SMILES string of the molecule is Cc1cc(S(=O)(=O)N2CCC(C(C)O)CC2)ccc1Br. The highest BCUT2D eigenvalue weighted by Gasteiger charge is 2.30. The summed E-state index contributed by atoms with van der Waals surface area (Å²) in [4.78, 5) is 0.341. The van der Waals surface area contributed by atoms with Crippen molar-refractivity contribution in [1.82, 2.24) is 4.31 Å². The summed E-state index contributed by atoms with van der Waals surface area (Å²) in [7, 11) is -3.42. The Balaban J connectivity index is 2.17. The molecule has 1 aromatic carbocycles.